The summed E-state index contributed by atoms with van der Waals surface area (Å²) in [5, 5.41) is 21.0. The second-order valence-corrected chi connectivity index (χ2v) is 12.9. The third-order valence-electron chi connectivity index (χ3n) is 6.69. The van der Waals surface area contributed by atoms with Crippen molar-refractivity contribution in [3.8, 4) is 34.5 Å². The van der Waals surface area contributed by atoms with E-state index in [9.17, 15) is 19.8 Å². The third kappa shape index (κ3) is 7.67. The van der Waals surface area contributed by atoms with Crippen LogP contribution in [0.5, 0.6) is 34.5 Å². The van der Waals surface area contributed by atoms with Crippen molar-refractivity contribution >= 4 is 67.3 Å². The molecule has 2 aromatic rings. The van der Waals surface area contributed by atoms with E-state index in [-0.39, 0.29) is 16.7 Å². The van der Waals surface area contributed by atoms with Gasteiger partial charge in [-0.1, -0.05) is 31.9 Å². The highest BCUT2D eigenvalue weighted by atomic mass is 79.9. The van der Waals surface area contributed by atoms with Crippen LogP contribution in [-0.2, 0) is 9.47 Å². The molecule has 10 nitrogen and oxygen atoms in total. The quantitative estimate of drug-likeness (QED) is 0.223. The highest BCUT2D eigenvalue weighted by Crippen LogP contribution is 2.47. The van der Waals surface area contributed by atoms with Gasteiger partial charge >= 0.3 is 11.9 Å². The molecule has 5 rings (SSSR count). The van der Waals surface area contributed by atoms with Crippen LogP contribution in [0, 0.1) is 10.8 Å². The average Bonchev–Trinajstić information content (AvgIpc) is 3.19. The number of phenolic OH excluding ortho intramolecular Hbond substituents is 2. The lowest BCUT2D eigenvalue weighted by Crippen LogP contribution is -2.45. The monoisotopic (exact) mass is 752 g/mol. The molecule has 0 unspecified atom stereocenters. The van der Waals surface area contributed by atoms with Crippen molar-refractivity contribution < 1.29 is 48.2 Å². The van der Waals surface area contributed by atoms with Gasteiger partial charge in [-0.25, -0.2) is 9.59 Å². The first-order valence-electron chi connectivity index (χ1n) is 12.6. The first-order chi connectivity index (χ1) is 20.1. The number of ether oxygens (including phenoxy) is 6. The second-order valence-electron chi connectivity index (χ2n) is 9.80. The van der Waals surface area contributed by atoms with E-state index in [2.05, 4.69) is 36.6 Å². The Balaban J connectivity index is 0.000000191. The number of hydrogen-bond donors (Lipinski definition) is 2. The first-order valence-corrected chi connectivity index (χ1v) is 17.2. The zero-order valence-corrected chi connectivity index (χ0v) is 28.5. The number of phenols is 2. The Morgan fingerprint density at radius 2 is 1.26 bits per heavy atom. The maximum absolute atomic E-state index is 11.8. The van der Waals surface area contributed by atoms with E-state index in [1.54, 1.807) is 19.2 Å². The van der Waals surface area contributed by atoms with Crippen molar-refractivity contribution in [2.75, 3.05) is 75.3 Å². The van der Waals surface area contributed by atoms with Gasteiger partial charge in [0, 0.05) is 39.1 Å². The SMILES string of the molecule is BrCC1(CBr)CSC1.COC(=O)c1ccc(OC)c(O)c1O.COC(=O)c1ccc(OC)c2c1OCC1(CO2)CSC1. The lowest BCUT2D eigenvalue weighted by Gasteiger charge is -2.38. The Bertz CT molecular complexity index is 1240. The number of carbonyl (C=O) groups is 2. The van der Waals surface area contributed by atoms with E-state index in [1.807, 2.05) is 23.5 Å². The van der Waals surface area contributed by atoms with Crippen LogP contribution in [0.2, 0.25) is 0 Å². The van der Waals surface area contributed by atoms with Gasteiger partial charge in [0.1, 0.15) is 11.1 Å². The molecule has 14 heteroatoms. The van der Waals surface area contributed by atoms with Crippen LogP contribution >= 0.6 is 55.4 Å². The molecule has 3 aliphatic heterocycles. The number of benzene rings is 2. The predicted octanol–water partition coefficient (Wildman–Crippen LogP) is 5.39. The summed E-state index contributed by atoms with van der Waals surface area (Å²) >= 11 is 10.9. The number of hydrogen-bond acceptors (Lipinski definition) is 12. The Morgan fingerprint density at radius 3 is 1.69 bits per heavy atom. The highest BCUT2D eigenvalue weighted by Gasteiger charge is 2.43. The van der Waals surface area contributed by atoms with Crippen LogP contribution in [0.3, 0.4) is 0 Å². The number of thioether (sulfide) groups is 2. The number of esters is 2. The Morgan fingerprint density at radius 1 is 0.762 bits per heavy atom. The maximum atomic E-state index is 11.8. The molecule has 0 saturated carbocycles. The predicted molar refractivity (Wildman–Crippen MR) is 170 cm³/mol. The number of aromatic hydroxyl groups is 2. The Kier molecular flexibility index (Phi) is 12.7. The normalized spacial score (nSPS) is 16.9. The maximum Gasteiger partial charge on any atom is 0.341 e. The van der Waals surface area contributed by atoms with Gasteiger partial charge in [-0.2, -0.15) is 23.5 Å². The van der Waals surface area contributed by atoms with Crippen LogP contribution in [0.1, 0.15) is 20.7 Å². The molecule has 42 heavy (non-hydrogen) atoms. The summed E-state index contributed by atoms with van der Waals surface area (Å²) in [6.45, 7) is 1.12. The van der Waals surface area contributed by atoms with Gasteiger partial charge in [-0.15, -0.1) is 0 Å². The van der Waals surface area contributed by atoms with Crippen molar-refractivity contribution in [2.45, 2.75) is 0 Å². The fourth-order valence-corrected chi connectivity index (χ4v) is 8.96. The molecular formula is C28H34Br2O10S2. The Labute approximate surface area is 270 Å². The topological polar surface area (TPSA) is 130 Å². The lowest BCUT2D eigenvalue weighted by molar-refractivity contribution is 0.0586. The number of fused-ring (bicyclic) bond motifs is 1. The largest absolute Gasteiger partial charge is 0.504 e. The van der Waals surface area contributed by atoms with Gasteiger partial charge in [0.05, 0.1) is 47.1 Å². The van der Waals surface area contributed by atoms with Gasteiger partial charge < -0.3 is 38.6 Å². The van der Waals surface area contributed by atoms with Gasteiger partial charge in [-0.3, -0.25) is 0 Å². The lowest BCUT2D eigenvalue weighted by atomic mass is 9.94. The number of rotatable bonds is 6. The zero-order valence-electron chi connectivity index (χ0n) is 23.7. The minimum absolute atomic E-state index is 0.0437. The van der Waals surface area contributed by atoms with Gasteiger partial charge in [0.15, 0.2) is 23.0 Å². The van der Waals surface area contributed by atoms with Crippen molar-refractivity contribution in [1.29, 1.82) is 0 Å². The fourth-order valence-electron chi connectivity index (χ4n) is 3.89. The minimum atomic E-state index is -0.722. The molecule has 1 spiro atoms. The summed E-state index contributed by atoms with van der Waals surface area (Å²) in [5.41, 5.74) is 0.908. The van der Waals surface area contributed by atoms with E-state index < -0.39 is 23.4 Å². The smallest absolute Gasteiger partial charge is 0.341 e. The molecule has 0 aliphatic carbocycles. The fraction of sp³-hybridized carbons (Fsp3) is 0.500. The van der Waals surface area contributed by atoms with E-state index >= 15 is 0 Å². The summed E-state index contributed by atoms with van der Waals surface area (Å²) in [4.78, 5) is 22.9. The van der Waals surface area contributed by atoms with Crippen molar-refractivity contribution in [3.05, 3.63) is 35.4 Å². The summed E-state index contributed by atoms with van der Waals surface area (Å²) in [6, 6.07) is 6.00. The van der Waals surface area contributed by atoms with E-state index in [0.717, 1.165) is 22.2 Å². The molecule has 3 aliphatic rings. The van der Waals surface area contributed by atoms with Crippen LogP contribution in [0.15, 0.2) is 24.3 Å². The number of halogens is 2. The summed E-state index contributed by atoms with van der Waals surface area (Å²) in [5.74, 6) is 4.06. The van der Waals surface area contributed by atoms with Crippen LogP contribution < -0.4 is 18.9 Å². The van der Waals surface area contributed by atoms with Crippen molar-refractivity contribution in [2.24, 2.45) is 10.8 Å². The van der Waals surface area contributed by atoms with E-state index in [4.69, 9.17) is 23.7 Å². The Hall–Kier alpha value is -2.16. The molecule has 2 N–H and O–H groups in total. The standard InChI is InChI=1S/C14H16O5S.C9H10O5.C5H8Br2S/c1-16-10-4-3-9(13(15)17-2)11-12(10)19-6-14(5-18-11)7-20-8-14;1-13-6-4-3-5(9(12)14-2)7(10)8(6)11;6-1-5(2-7)3-8-4-5/h3-4H,5-8H2,1-2H3;3-4,10-11H,1-2H3;1-4H2. The number of methoxy groups -OCH3 is 4. The van der Waals surface area contributed by atoms with Crippen molar-refractivity contribution in [3.63, 3.8) is 0 Å². The molecule has 0 amide bonds. The molecule has 2 fully saturated rings. The molecule has 232 valence electrons. The summed E-state index contributed by atoms with van der Waals surface area (Å²) < 4.78 is 31.0. The molecule has 0 bridgehead atoms. The molecule has 3 heterocycles. The summed E-state index contributed by atoms with van der Waals surface area (Å²) in [6.07, 6.45) is 0. The van der Waals surface area contributed by atoms with E-state index in [0.29, 0.717) is 41.4 Å². The van der Waals surface area contributed by atoms with Gasteiger partial charge in [-0.05, 0) is 24.3 Å². The van der Waals surface area contributed by atoms with Crippen LogP contribution in [0.25, 0.3) is 0 Å². The average molecular weight is 755 g/mol. The molecule has 0 aromatic heterocycles. The number of carbonyl (C=O) groups excluding carboxylic acids is 2. The minimum Gasteiger partial charge on any atom is -0.504 e. The molecule has 2 saturated heterocycles. The number of alkyl halides is 2. The molecule has 2 aromatic carbocycles. The van der Waals surface area contributed by atoms with E-state index in [1.165, 1.54) is 45.0 Å². The van der Waals surface area contributed by atoms with Crippen LogP contribution in [-0.4, -0.2) is 97.5 Å². The van der Waals surface area contributed by atoms with Crippen LogP contribution in [0.4, 0.5) is 0 Å². The molecule has 0 radical (unpaired) electrons. The second kappa shape index (κ2) is 15.5. The zero-order chi connectivity index (χ0) is 30.9. The third-order valence-corrected chi connectivity index (χ3v) is 12.3. The van der Waals surface area contributed by atoms with Gasteiger partial charge in [0.25, 0.3) is 0 Å². The van der Waals surface area contributed by atoms with Crippen molar-refractivity contribution in [1.82, 2.24) is 0 Å². The highest BCUT2D eigenvalue weighted by molar-refractivity contribution is 9.09. The molecule has 0 atom stereocenters. The molecular weight excluding hydrogens is 720 g/mol. The summed E-state index contributed by atoms with van der Waals surface area (Å²) in [7, 11) is 5.44. The first kappa shape index (κ1) is 34.3. The van der Waals surface area contributed by atoms with Gasteiger partial charge in [0.2, 0.25) is 11.5 Å².